The summed E-state index contributed by atoms with van der Waals surface area (Å²) in [6, 6.07) is 14.3. The molecule has 0 aliphatic rings. The van der Waals surface area contributed by atoms with Gasteiger partial charge in [0, 0.05) is 17.3 Å². The fraction of sp³-hybridized carbons (Fsp3) is 0.250. The van der Waals surface area contributed by atoms with Crippen LogP contribution in [-0.2, 0) is 11.3 Å². The van der Waals surface area contributed by atoms with Gasteiger partial charge < -0.3 is 5.32 Å². The molecule has 0 fully saturated rings. The summed E-state index contributed by atoms with van der Waals surface area (Å²) in [6.07, 6.45) is 0.791. The van der Waals surface area contributed by atoms with E-state index >= 15 is 0 Å². The van der Waals surface area contributed by atoms with Crippen molar-refractivity contribution in [3.8, 4) is 0 Å². The van der Waals surface area contributed by atoms with Crippen molar-refractivity contribution in [3.05, 3.63) is 63.9 Å². The summed E-state index contributed by atoms with van der Waals surface area (Å²) in [6.45, 7) is 4.34. The Balaban J connectivity index is 1.91. The minimum Gasteiger partial charge on any atom is -0.325 e. The molecule has 2 aromatic carbocycles. The van der Waals surface area contributed by atoms with Crippen molar-refractivity contribution in [2.45, 2.75) is 37.2 Å². The number of para-hydroxylation sites is 1. The van der Waals surface area contributed by atoms with E-state index in [4.69, 9.17) is 11.6 Å². The Labute approximate surface area is 166 Å². The number of rotatable bonds is 6. The molecule has 1 N–H and O–H groups in total. The van der Waals surface area contributed by atoms with E-state index in [1.54, 1.807) is 29.7 Å². The minimum atomic E-state index is -0.420. The molecule has 1 atom stereocenters. The quantitative estimate of drug-likeness (QED) is 0.485. The fourth-order valence-corrected chi connectivity index (χ4v) is 3.76. The lowest BCUT2D eigenvalue weighted by molar-refractivity contribution is -0.115. The Hall–Kier alpha value is -2.31. The molecule has 1 amide bonds. The van der Waals surface area contributed by atoms with Gasteiger partial charge in [-0.25, -0.2) is 4.98 Å². The van der Waals surface area contributed by atoms with Gasteiger partial charge in [-0.1, -0.05) is 48.5 Å². The normalized spacial score (nSPS) is 12.1. The predicted molar refractivity (Wildman–Crippen MR) is 112 cm³/mol. The number of nitrogens with zero attached hydrogens (tertiary/aromatic N) is 2. The molecular formula is C20H20ClN3O2S. The van der Waals surface area contributed by atoms with Crippen LogP contribution in [0.25, 0.3) is 10.9 Å². The monoisotopic (exact) mass is 401 g/mol. The molecule has 0 saturated carbocycles. The maximum absolute atomic E-state index is 12.9. The number of nitrogens with one attached hydrogen (secondary N) is 1. The average molecular weight is 402 g/mol. The number of amides is 1. The number of thioether (sulfide) groups is 1. The zero-order valence-electron chi connectivity index (χ0n) is 15.1. The van der Waals surface area contributed by atoms with Gasteiger partial charge >= 0.3 is 0 Å². The number of carbonyl (C=O) groups excluding carboxylic acids is 1. The van der Waals surface area contributed by atoms with Crippen LogP contribution in [-0.4, -0.2) is 20.7 Å². The first kappa shape index (κ1) is 19.5. The van der Waals surface area contributed by atoms with E-state index in [1.807, 2.05) is 37.3 Å². The van der Waals surface area contributed by atoms with Crippen LogP contribution in [0.4, 0.5) is 5.69 Å². The molecule has 27 heavy (non-hydrogen) atoms. The predicted octanol–water partition coefficient (Wildman–Crippen LogP) is 4.58. The molecule has 140 valence electrons. The SMILES string of the molecule is CCCn1c(S[C@@H](C)C(=O)Nc2ccccc2)nc2cc(Cl)ccc2c1=O. The second kappa shape index (κ2) is 8.59. The lowest BCUT2D eigenvalue weighted by atomic mass is 10.2. The van der Waals surface area contributed by atoms with Gasteiger partial charge in [0.1, 0.15) is 0 Å². The van der Waals surface area contributed by atoms with E-state index in [1.165, 1.54) is 11.8 Å². The molecule has 0 aliphatic heterocycles. The summed E-state index contributed by atoms with van der Waals surface area (Å²) in [5.41, 5.74) is 1.16. The third-order valence-corrected chi connectivity index (χ3v) is 5.35. The standard InChI is InChI=1S/C20H20ClN3O2S/c1-3-11-24-19(26)16-10-9-14(21)12-17(16)23-20(24)27-13(2)18(25)22-15-7-5-4-6-8-15/h4-10,12-13H,3,11H2,1-2H3,(H,22,25)/t13-/m0/s1. The highest BCUT2D eigenvalue weighted by Crippen LogP contribution is 2.25. The molecule has 1 heterocycles. The van der Waals surface area contributed by atoms with Crippen LogP contribution in [0, 0.1) is 0 Å². The Bertz CT molecular complexity index is 1020. The lowest BCUT2D eigenvalue weighted by Gasteiger charge is -2.16. The van der Waals surface area contributed by atoms with Crippen LogP contribution < -0.4 is 10.9 Å². The first-order valence-corrected chi connectivity index (χ1v) is 9.98. The highest BCUT2D eigenvalue weighted by atomic mass is 35.5. The minimum absolute atomic E-state index is 0.114. The van der Waals surface area contributed by atoms with E-state index in [-0.39, 0.29) is 11.5 Å². The smallest absolute Gasteiger partial charge is 0.262 e. The molecule has 0 aliphatic carbocycles. The molecule has 1 aromatic heterocycles. The molecule has 3 rings (SSSR count). The Morgan fingerprint density at radius 3 is 2.70 bits per heavy atom. The van der Waals surface area contributed by atoms with Crippen LogP contribution in [0.3, 0.4) is 0 Å². The van der Waals surface area contributed by atoms with Crippen LogP contribution in [0.15, 0.2) is 58.5 Å². The number of anilines is 1. The lowest BCUT2D eigenvalue weighted by Crippen LogP contribution is -2.27. The summed E-state index contributed by atoms with van der Waals surface area (Å²) < 4.78 is 1.63. The van der Waals surface area contributed by atoms with Crippen molar-refractivity contribution in [2.24, 2.45) is 0 Å². The maximum Gasteiger partial charge on any atom is 0.262 e. The van der Waals surface area contributed by atoms with Crippen molar-refractivity contribution in [2.75, 3.05) is 5.32 Å². The number of fused-ring (bicyclic) bond motifs is 1. The number of hydrogen-bond acceptors (Lipinski definition) is 4. The van der Waals surface area contributed by atoms with Gasteiger partial charge in [0.2, 0.25) is 5.91 Å². The van der Waals surface area contributed by atoms with E-state index in [0.717, 1.165) is 12.1 Å². The van der Waals surface area contributed by atoms with Gasteiger partial charge in [-0.3, -0.25) is 14.2 Å². The van der Waals surface area contributed by atoms with Crippen LogP contribution in [0.2, 0.25) is 5.02 Å². The largest absolute Gasteiger partial charge is 0.325 e. The third-order valence-electron chi connectivity index (χ3n) is 4.02. The van der Waals surface area contributed by atoms with E-state index in [0.29, 0.717) is 27.6 Å². The number of aromatic nitrogens is 2. The number of benzene rings is 2. The zero-order valence-corrected chi connectivity index (χ0v) is 16.7. The number of hydrogen-bond donors (Lipinski definition) is 1. The molecular weight excluding hydrogens is 382 g/mol. The van der Waals surface area contributed by atoms with E-state index in [2.05, 4.69) is 10.3 Å². The molecule has 7 heteroatoms. The first-order valence-electron chi connectivity index (χ1n) is 8.72. The van der Waals surface area contributed by atoms with Crippen LogP contribution in [0.1, 0.15) is 20.3 Å². The molecule has 3 aromatic rings. The summed E-state index contributed by atoms with van der Waals surface area (Å²) >= 11 is 7.32. The molecule has 0 unspecified atom stereocenters. The zero-order chi connectivity index (χ0) is 19.4. The average Bonchev–Trinajstić information content (AvgIpc) is 2.65. The van der Waals surface area contributed by atoms with Crippen molar-refractivity contribution < 1.29 is 4.79 Å². The summed E-state index contributed by atoms with van der Waals surface area (Å²) in [4.78, 5) is 30.0. The van der Waals surface area contributed by atoms with Gasteiger partial charge in [-0.05, 0) is 43.7 Å². The van der Waals surface area contributed by atoms with Crippen LogP contribution >= 0.6 is 23.4 Å². The van der Waals surface area contributed by atoms with Crippen molar-refractivity contribution in [1.29, 1.82) is 0 Å². The molecule has 5 nitrogen and oxygen atoms in total. The molecule has 0 saturated heterocycles. The second-order valence-corrected chi connectivity index (χ2v) is 7.87. The molecule has 0 spiro atoms. The van der Waals surface area contributed by atoms with Crippen molar-refractivity contribution in [3.63, 3.8) is 0 Å². The van der Waals surface area contributed by atoms with Crippen LogP contribution in [0.5, 0.6) is 0 Å². The number of carbonyl (C=O) groups is 1. The van der Waals surface area contributed by atoms with Crippen molar-refractivity contribution in [1.82, 2.24) is 9.55 Å². The summed E-state index contributed by atoms with van der Waals surface area (Å²) in [7, 11) is 0. The maximum atomic E-state index is 12.9. The summed E-state index contributed by atoms with van der Waals surface area (Å²) in [5.74, 6) is -0.144. The van der Waals surface area contributed by atoms with E-state index in [9.17, 15) is 9.59 Å². The Kier molecular flexibility index (Phi) is 6.19. The van der Waals surface area contributed by atoms with E-state index < -0.39 is 5.25 Å². The van der Waals surface area contributed by atoms with Gasteiger partial charge in [-0.15, -0.1) is 0 Å². The second-order valence-electron chi connectivity index (χ2n) is 6.13. The highest BCUT2D eigenvalue weighted by molar-refractivity contribution is 8.00. The first-order chi connectivity index (χ1) is 13.0. The highest BCUT2D eigenvalue weighted by Gasteiger charge is 2.19. The fourth-order valence-electron chi connectivity index (χ4n) is 2.66. The topological polar surface area (TPSA) is 64.0 Å². The Morgan fingerprint density at radius 2 is 2.00 bits per heavy atom. The van der Waals surface area contributed by atoms with Gasteiger partial charge in [0.25, 0.3) is 5.56 Å². The molecule has 0 radical (unpaired) electrons. The van der Waals surface area contributed by atoms with Gasteiger partial charge in [-0.2, -0.15) is 0 Å². The third kappa shape index (κ3) is 4.51. The Morgan fingerprint density at radius 1 is 1.26 bits per heavy atom. The van der Waals surface area contributed by atoms with Gasteiger partial charge in [0.05, 0.1) is 16.2 Å². The molecule has 0 bridgehead atoms. The van der Waals surface area contributed by atoms with Gasteiger partial charge in [0.15, 0.2) is 5.16 Å². The number of halogens is 1. The summed E-state index contributed by atoms with van der Waals surface area (Å²) in [5, 5.41) is 4.03. The van der Waals surface area contributed by atoms with Crippen molar-refractivity contribution >= 4 is 45.9 Å².